The Morgan fingerprint density at radius 2 is 1.88 bits per heavy atom. The van der Waals surface area contributed by atoms with E-state index in [0.717, 1.165) is 32.7 Å². The van der Waals surface area contributed by atoms with E-state index in [9.17, 15) is 4.79 Å². The summed E-state index contributed by atoms with van der Waals surface area (Å²) in [6.07, 6.45) is 0. The minimum Gasteiger partial charge on any atom is -0.457 e. The van der Waals surface area contributed by atoms with Gasteiger partial charge in [0, 0.05) is 49.9 Å². The predicted molar refractivity (Wildman–Crippen MR) is 99.6 cm³/mol. The Morgan fingerprint density at radius 3 is 2.60 bits per heavy atom. The fourth-order valence-corrected chi connectivity index (χ4v) is 2.89. The molecule has 1 heterocycles. The van der Waals surface area contributed by atoms with E-state index in [4.69, 9.17) is 16.3 Å². The molecule has 1 aliphatic rings. The monoisotopic (exact) mass is 359 g/mol. The molecule has 6 heteroatoms. The quantitative estimate of drug-likeness (QED) is 0.832. The van der Waals surface area contributed by atoms with Crippen LogP contribution in [-0.2, 0) is 0 Å². The fourth-order valence-electron chi connectivity index (χ4n) is 2.71. The smallest absolute Gasteiger partial charge is 0.251 e. The highest BCUT2D eigenvalue weighted by Gasteiger charge is 2.10. The van der Waals surface area contributed by atoms with Gasteiger partial charge in [-0.25, -0.2) is 0 Å². The van der Waals surface area contributed by atoms with Crippen LogP contribution in [0.4, 0.5) is 0 Å². The first-order chi connectivity index (χ1) is 12.2. The van der Waals surface area contributed by atoms with Gasteiger partial charge in [-0.3, -0.25) is 9.69 Å². The van der Waals surface area contributed by atoms with Crippen molar-refractivity contribution in [3.05, 3.63) is 59.1 Å². The number of hydrogen-bond acceptors (Lipinski definition) is 4. The zero-order valence-electron chi connectivity index (χ0n) is 14.0. The SMILES string of the molecule is O=C(NCCN1CCNCC1)c1ccc(Oc2cccc(Cl)c2)cc1. The van der Waals surface area contributed by atoms with Crippen LogP contribution in [0.25, 0.3) is 0 Å². The molecule has 2 aromatic rings. The summed E-state index contributed by atoms with van der Waals surface area (Å²) < 4.78 is 5.73. The van der Waals surface area contributed by atoms with Crippen molar-refractivity contribution < 1.29 is 9.53 Å². The maximum Gasteiger partial charge on any atom is 0.251 e. The standard InChI is InChI=1S/C19H22ClN3O2/c20-16-2-1-3-18(14-16)25-17-6-4-15(5-7-17)19(24)22-10-13-23-11-8-21-9-12-23/h1-7,14,21H,8-13H2,(H,22,24). The zero-order chi connectivity index (χ0) is 17.5. The number of hydrogen-bond donors (Lipinski definition) is 2. The first-order valence-electron chi connectivity index (χ1n) is 8.45. The van der Waals surface area contributed by atoms with Gasteiger partial charge in [-0.1, -0.05) is 17.7 Å². The van der Waals surface area contributed by atoms with Crippen LogP contribution in [0.5, 0.6) is 11.5 Å². The van der Waals surface area contributed by atoms with E-state index in [2.05, 4.69) is 15.5 Å². The Hall–Kier alpha value is -2.08. The molecule has 2 N–H and O–H groups in total. The lowest BCUT2D eigenvalue weighted by Crippen LogP contribution is -2.46. The van der Waals surface area contributed by atoms with Gasteiger partial charge in [0.15, 0.2) is 0 Å². The van der Waals surface area contributed by atoms with Gasteiger partial charge in [0.1, 0.15) is 11.5 Å². The van der Waals surface area contributed by atoms with Crippen molar-refractivity contribution in [2.45, 2.75) is 0 Å². The maximum atomic E-state index is 12.2. The summed E-state index contributed by atoms with van der Waals surface area (Å²) in [6.45, 7) is 5.63. The average molecular weight is 360 g/mol. The van der Waals surface area contributed by atoms with Crippen LogP contribution in [0.3, 0.4) is 0 Å². The summed E-state index contributed by atoms with van der Waals surface area (Å²) in [7, 11) is 0. The van der Waals surface area contributed by atoms with Gasteiger partial charge in [-0.2, -0.15) is 0 Å². The molecule has 132 valence electrons. The predicted octanol–water partition coefficient (Wildman–Crippen LogP) is 2.77. The molecule has 5 nitrogen and oxygen atoms in total. The molecule has 1 fully saturated rings. The molecule has 0 spiro atoms. The van der Waals surface area contributed by atoms with E-state index in [1.807, 2.05) is 12.1 Å². The second-order valence-corrected chi connectivity index (χ2v) is 6.37. The van der Waals surface area contributed by atoms with Gasteiger partial charge in [-0.15, -0.1) is 0 Å². The summed E-state index contributed by atoms with van der Waals surface area (Å²) in [6, 6.07) is 14.3. The molecule has 1 saturated heterocycles. The molecule has 0 radical (unpaired) electrons. The molecule has 0 aliphatic carbocycles. The minimum atomic E-state index is -0.0653. The van der Waals surface area contributed by atoms with Crippen molar-refractivity contribution in [3.63, 3.8) is 0 Å². The van der Waals surface area contributed by atoms with Crippen LogP contribution >= 0.6 is 11.6 Å². The summed E-state index contributed by atoms with van der Waals surface area (Å²) >= 11 is 5.94. The molecule has 0 aromatic heterocycles. The van der Waals surface area contributed by atoms with Crippen LogP contribution in [-0.4, -0.2) is 50.1 Å². The third kappa shape index (κ3) is 5.46. The molecule has 1 aliphatic heterocycles. The van der Waals surface area contributed by atoms with Gasteiger partial charge in [0.05, 0.1) is 0 Å². The van der Waals surface area contributed by atoms with Crippen molar-refractivity contribution >= 4 is 17.5 Å². The minimum absolute atomic E-state index is 0.0653. The number of nitrogens with zero attached hydrogens (tertiary/aromatic N) is 1. The largest absolute Gasteiger partial charge is 0.457 e. The number of carbonyl (C=O) groups excluding carboxylic acids is 1. The second kappa shape index (κ2) is 8.85. The van der Waals surface area contributed by atoms with Crippen LogP contribution in [0.15, 0.2) is 48.5 Å². The van der Waals surface area contributed by atoms with Crippen LogP contribution in [0, 0.1) is 0 Å². The first-order valence-corrected chi connectivity index (χ1v) is 8.83. The molecule has 0 saturated carbocycles. The molecule has 0 unspecified atom stereocenters. The Bertz CT molecular complexity index is 700. The van der Waals surface area contributed by atoms with Gasteiger partial charge in [-0.05, 0) is 42.5 Å². The number of rotatable bonds is 6. The Balaban J connectivity index is 1.48. The molecular weight excluding hydrogens is 338 g/mol. The number of ether oxygens (including phenoxy) is 1. The third-order valence-electron chi connectivity index (χ3n) is 4.07. The summed E-state index contributed by atoms with van der Waals surface area (Å²) in [5.74, 6) is 1.27. The lowest BCUT2D eigenvalue weighted by molar-refractivity contribution is 0.0947. The van der Waals surface area contributed by atoms with Gasteiger partial charge < -0.3 is 15.4 Å². The second-order valence-electron chi connectivity index (χ2n) is 5.93. The van der Waals surface area contributed by atoms with E-state index >= 15 is 0 Å². The number of piperazine rings is 1. The molecule has 0 bridgehead atoms. The van der Waals surface area contributed by atoms with Crippen molar-refractivity contribution in [2.24, 2.45) is 0 Å². The van der Waals surface area contributed by atoms with E-state index in [-0.39, 0.29) is 5.91 Å². The maximum absolute atomic E-state index is 12.2. The topological polar surface area (TPSA) is 53.6 Å². The van der Waals surface area contributed by atoms with Gasteiger partial charge >= 0.3 is 0 Å². The highest BCUT2D eigenvalue weighted by atomic mass is 35.5. The molecular formula is C19H22ClN3O2. The summed E-state index contributed by atoms with van der Waals surface area (Å²) in [4.78, 5) is 14.5. The number of benzene rings is 2. The van der Waals surface area contributed by atoms with Crippen LogP contribution in [0.1, 0.15) is 10.4 Å². The lowest BCUT2D eigenvalue weighted by Gasteiger charge is -2.27. The van der Waals surface area contributed by atoms with Crippen LogP contribution < -0.4 is 15.4 Å². The molecule has 0 atom stereocenters. The zero-order valence-corrected chi connectivity index (χ0v) is 14.8. The third-order valence-corrected chi connectivity index (χ3v) is 4.31. The Labute approximate surface area is 152 Å². The average Bonchev–Trinajstić information content (AvgIpc) is 2.63. The Kier molecular flexibility index (Phi) is 6.28. The molecule has 3 rings (SSSR count). The number of halogens is 1. The summed E-state index contributed by atoms with van der Waals surface area (Å²) in [5, 5.41) is 6.90. The van der Waals surface area contributed by atoms with E-state index in [0.29, 0.717) is 28.6 Å². The molecule has 2 aromatic carbocycles. The molecule has 1 amide bonds. The van der Waals surface area contributed by atoms with Crippen molar-refractivity contribution in [2.75, 3.05) is 39.3 Å². The Morgan fingerprint density at radius 1 is 1.12 bits per heavy atom. The fraction of sp³-hybridized carbons (Fsp3) is 0.316. The van der Waals surface area contributed by atoms with Crippen molar-refractivity contribution in [3.8, 4) is 11.5 Å². The van der Waals surface area contributed by atoms with Crippen LogP contribution in [0.2, 0.25) is 5.02 Å². The number of nitrogens with one attached hydrogen (secondary N) is 2. The van der Waals surface area contributed by atoms with Crippen molar-refractivity contribution in [1.29, 1.82) is 0 Å². The van der Waals surface area contributed by atoms with Gasteiger partial charge in [0.2, 0.25) is 0 Å². The van der Waals surface area contributed by atoms with E-state index in [1.165, 1.54) is 0 Å². The number of carbonyl (C=O) groups is 1. The van der Waals surface area contributed by atoms with Gasteiger partial charge in [0.25, 0.3) is 5.91 Å². The highest BCUT2D eigenvalue weighted by molar-refractivity contribution is 6.30. The normalized spacial score (nSPS) is 14.9. The van der Waals surface area contributed by atoms with E-state index in [1.54, 1.807) is 36.4 Å². The number of amides is 1. The first kappa shape index (κ1) is 17.7. The molecule has 25 heavy (non-hydrogen) atoms. The van der Waals surface area contributed by atoms with Crippen molar-refractivity contribution in [1.82, 2.24) is 15.5 Å². The summed E-state index contributed by atoms with van der Waals surface area (Å²) in [5.41, 5.74) is 0.624. The lowest BCUT2D eigenvalue weighted by atomic mass is 10.2. The highest BCUT2D eigenvalue weighted by Crippen LogP contribution is 2.24. The van der Waals surface area contributed by atoms with E-state index < -0.39 is 0 Å².